The van der Waals surface area contributed by atoms with Crippen LogP contribution in [-0.2, 0) is 4.79 Å². The minimum atomic E-state index is -0.373. The molecule has 4 nitrogen and oxygen atoms in total. The molecule has 0 aliphatic carbocycles. The summed E-state index contributed by atoms with van der Waals surface area (Å²) in [6.07, 6.45) is 0. The van der Waals surface area contributed by atoms with Crippen molar-refractivity contribution in [1.82, 2.24) is 0 Å². The Balaban J connectivity index is 0.00000134. The Morgan fingerprint density at radius 2 is 1.28 bits per heavy atom. The molecule has 1 unspecified atom stereocenters. The molecule has 2 aromatic carbocycles. The zero-order valence-electron chi connectivity index (χ0n) is 15.9. The lowest BCUT2D eigenvalue weighted by Gasteiger charge is -2.11. The van der Waals surface area contributed by atoms with Crippen LogP contribution in [0.1, 0.15) is 51.7 Å². The lowest BCUT2D eigenvalue weighted by molar-refractivity contribution is -0.131. The summed E-state index contributed by atoms with van der Waals surface area (Å²) in [5.41, 5.74) is 1.73. The zero-order valence-corrected chi connectivity index (χ0v) is 15.9. The Morgan fingerprint density at radius 3 is 1.60 bits per heavy atom. The third kappa shape index (κ3) is 7.09. The van der Waals surface area contributed by atoms with Gasteiger partial charge in [0.05, 0.1) is 19.1 Å². The molecule has 0 saturated carbocycles. The molecule has 2 aromatic rings. The Kier molecular flexibility index (Phi) is 11.2. The molecule has 0 saturated heterocycles. The molecule has 0 spiro atoms. The minimum Gasteiger partial charge on any atom is -0.497 e. The van der Waals surface area contributed by atoms with Gasteiger partial charge in [0, 0.05) is 6.92 Å². The molecule has 2 rings (SSSR count). The highest BCUT2D eigenvalue weighted by Gasteiger charge is 2.13. The average Bonchev–Trinajstić information content (AvgIpc) is 2.67. The van der Waals surface area contributed by atoms with Crippen molar-refractivity contribution < 1.29 is 14.3 Å². The van der Waals surface area contributed by atoms with E-state index in [0.29, 0.717) is 5.75 Å². The predicted molar refractivity (Wildman–Crippen MR) is 101 cm³/mol. The smallest absolute Gasteiger partial charge is 0.308 e. The molecular formula is C21H27NO3. The van der Waals surface area contributed by atoms with Crippen molar-refractivity contribution in [2.45, 2.75) is 40.5 Å². The fourth-order valence-electron chi connectivity index (χ4n) is 2.03. The van der Waals surface area contributed by atoms with Gasteiger partial charge in [-0.15, -0.1) is 0 Å². The van der Waals surface area contributed by atoms with E-state index in [9.17, 15) is 10.1 Å². The number of ether oxygens (including phenoxy) is 2. The number of carbonyl (C=O) groups is 1. The summed E-state index contributed by atoms with van der Waals surface area (Å²) in [5, 5.41) is 9.41. The molecular weight excluding hydrogens is 314 g/mol. The van der Waals surface area contributed by atoms with Gasteiger partial charge in [-0.2, -0.15) is 5.26 Å². The summed E-state index contributed by atoms with van der Waals surface area (Å²) in [6.45, 7) is 9.35. The molecule has 0 N–H and O–H groups in total. The molecule has 134 valence electrons. The summed E-state index contributed by atoms with van der Waals surface area (Å²) >= 11 is 0. The molecule has 0 amide bonds. The molecule has 4 heteroatoms. The number of carbonyl (C=O) groups excluding carboxylic acids is 1. The van der Waals surface area contributed by atoms with Crippen molar-refractivity contribution in [2.75, 3.05) is 7.11 Å². The van der Waals surface area contributed by atoms with Crippen molar-refractivity contribution in [2.24, 2.45) is 0 Å². The molecule has 0 fully saturated rings. The first-order chi connectivity index (χ1) is 12.1. The Bertz CT molecular complexity index is 655. The summed E-state index contributed by atoms with van der Waals surface area (Å²) in [5.74, 6) is 0.482. The quantitative estimate of drug-likeness (QED) is 0.557. The van der Waals surface area contributed by atoms with E-state index < -0.39 is 0 Å². The molecule has 0 heterocycles. The fourth-order valence-corrected chi connectivity index (χ4v) is 2.03. The molecule has 25 heavy (non-hydrogen) atoms. The summed E-state index contributed by atoms with van der Waals surface area (Å²) in [7, 11) is 1.60. The van der Waals surface area contributed by atoms with Crippen molar-refractivity contribution in [3.63, 3.8) is 0 Å². The van der Waals surface area contributed by atoms with Crippen LogP contribution in [-0.4, -0.2) is 13.1 Å². The van der Waals surface area contributed by atoms with E-state index in [2.05, 4.69) is 6.07 Å². The largest absolute Gasteiger partial charge is 0.497 e. The summed E-state index contributed by atoms with van der Waals surface area (Å²) in [4.78, 5) is 10.9. The van der Waals surface area contributed by atoms with Crippen molar-refractivity contribution in [1.29, 1.82) is 5.26 Å². The number of esters is 1. The van der Waals surface area contributed by atoms with Gasteiger partial charge in [-0.1, -0.05) is 52.0 Å². The SMILES string of the molecule is CC.CC.COc1ccc(C(C#N)c2ccc(OC(C)=O)cc2)cc1. The maximum atomic E-state index is 10.9. The Labute approximate surface area is 151 Å². The predicted octanol–water partition coefficient (Wildman–Crippen LogP) is 5.33. The summed E-state index contributed by atoms with van der Waals surface area (Å²) < 4.78 is 10.1. The van der Waals surface area contributed by atoms with E-state index in [1.165, 1.54) is 6.92 Å². The van der Waals surface area contributed by atoms with Gasteiger partial charge in [-0.25, -0.2) is 0 Å². The number of nitrogens with zero attached hydrogens (tertiary/aromatic N) is 1. The third-order valence-corrected chi connectivity index (χ3v) is 3.05. The monoisotopic (exact) mass is 341 g/mol. The number of hydrogen-bond donors (Lipinski definition) is 0. The first kappa shape index (κ1) is 22.2. The van der Waals surface area contributed by atoms with E-state index >= 15 is 0 Å². The minimum absolute atomic E-state index is 0.366. The number of hydrogen-bond acceptors (Lipinski definition) is 4. The van der Waals surface area contributed by atoms with Gasteiger partial charge >= 0.3 is 5.97 Å². The molecule has 0 aromatic heterocycles. The van der Waals surface area contributed by atoms with E-state index in [1.54, 1.807) is 31.4 Å². The van der Waals surface area contributed by atoms with E-state index in [0.717, 1.165) is 16.9 Å². The Morgan fingerprint density at radius 1 is 0.880 bits per heavy atom. The fraction of sp³-hybridized carbons (Fsp3) is 0.333. The molecule has 0 aliphatic rings. The number of rotatable bonds is 4. The van der Waals surface area contributed by atoms with Gasteiger partial charge in [0.1, 0.15) is 11.5 Å². The van der Waals surface area contributed by atoms with Gasteiger partial charge < -0.3 is 9.47 Å². The highest BCUT2D eigenvalue weighted by atomic mass is 16.5. The van der Waals surface area contributed by atoms with Crippen LogP contribution in [0, 0.1) is 11.3 Å². The van der Waals surface area contributed by atoms with Crippen LogP contribution in [0.3, 0.4) is 0 Å². The second-order valence-corrected chi connectivity index (χ2v) is 4.50. The van der Waals surface area contributed by atoms with Crippen LogP contribution >= 0.6 is 0 Å². The van der Waals surface area contributed by atoms with E-state index in [-0.39, 0.29) is 11.9 Å². The standard InChI is InChI=1S/C17H15NO3.2C2H6/c1-12(19)21-16-9-5-14(6-10-16)17(11-18)13-3-7-15(20-2)8-4-13;2*1-2/h3-10,17H,1-2H3;2*1-2H3. The second kappa shape index (κ2) is 12.6. The third-order valence-electron chi connectivity index (χ3n) is 3.05. The average molecular weight is 341 g/mol. The molecule has 0 aliphatic heterocycles. The maximum absolute atomic E-state index is 10.9. The lowest BCUT2D eigenvalue weighted by Crippen LogP contribution is -2.02. The Hall–Kier alpha value is -2.80. The van der Waals surface area contributed by atoms with Gasteiger partial charge in [0.2, 0.25) is 0 Å². The number of benzene rings is 2. The van der Waals surface area contributed by atoms with Gasteiger partial charge in [0.25, 0.3) is 0 Å². The maximum Gasteiger partial charge on any atom is 0.308 e. The highest BCUT2D eigenvalue weighted by Crippen LogP contribution is 2.27. The molecule has 0 radical (unpaired) electrons. The van der Waals surface area contributed by atoms with Crippen LogP contribution in [0.25, 0.3) is 0 Å². The second-order valence-electron chi connectivity index (χ2n) is 4.50. The van der Waals surface area contributed by atoms with Crippen LogP contribution in [0.4, 0.5) is 0 Å². The molecule has 0 bridgehead atoms. The number of nitriles is 1. The van der Waals surface area contributed by atoms with E-state index in [1.807, 2.05) is 52.0 Å². The highest BCUT2D eigenvalue weighted by molar-refractivity contribution is 5.69. The van der Waals surface area contributed by atoms with Crippen molar-refractivity contribution in [3.05, 3.63) is 59.7 Å². The van der Waals surface area contributed by atoms with E-state index in [4.69, 9.17) is 9.47 Å². The van der Waals surface area contributed by atoms with Crippen LogP contribution in [0.5, 0.6) is 11.5 Å². The van der Waals surface area contributed by atoms with Crippen molar-refractivity contribution in [3.8, 4) is 17.6 Å². The first-order valence-electron chi connectivity index (χ1n) is 8.46. The van der Waals surface area contributed by atoms with Gasteiger partial charge in [-0.05, 0) is 35.4 Å². The summed E-state index contributed by atoms with van der Waals surface area (Å²) in [6, 6.07) is 16.6. The van der Waals surface area contributed by atoms with Gasteiger partial charge in [0.15, 0.2) is 0 Å². The zero-order chi connectivity index (χ0) is 19.2. The topological polar surface area (TPSA) is 59.3 Å². The van der Waals surface area contributed by atoms with Gasteiger partial charge in [-0.3, -0.25) is 4.79 Å². The number of methoxy groups -OCH3 is 1. The van der Waals surface area contributed by atoms with Crippen LogP contribution < -0.4 is 9.47 Å². The van der Waals surface area contributed by atoms with Crippen LogP contribution in [0.2, 0.25) is 0 Å². The normalized spacial score (nSPS) is 9.96. The van der Waals surface area contributed by atoms with Crippen LogP contribution in [0.15, 0.2) is 48.5 Å². The lowest BCUT2D eigenvalue weighted by atomic mass is 9.92. The van der Waals surface area contributed by atoms with Crippen molar-refractivity contribution >= 4 is 5.97 Å². The first-order valence-corrected chi connectivity index (χ1v) is 8.46. The molecule has 1 atom stereocenters.